The third kappa shape index (κ3) is 4.12. The Balaban J connectivity index is 1.84. The molecule has 0 spiro atoms. The Labute approximate surface area is 122 Å². The quantitative estimate of drug-likeness (QED) is 0.793. The summed E-state index contributed by atoms with van der Waals surface area (Å²) in [6.45, 7) is 5.90. The van der Waals surface area contributed by atoms with E-state index in [-0.39, 0.29) is 0 Å². The lowest BCUT2D eigenvalue weighted by Gasteiger charge is -2.32. The fraction of sp³-hybridized carbons (Fsp3) is 0.625. The molecule has 1 fully saturated rings. The van der Waals surface area contributed by atoms with Crippen molar-refractivity contribution < 1.29 is 9.47 Å². The zero-order chi connectivity index (χ0) is 14.4. The molecular weight excluding hydrogens is 252 g/mol. The van der Waals surface area contributed by atoms with Crippen molar-refractivity contribution in [3.05, 3.63) is 23.8 Å². The van der Waals surface area contributed by atoms with Crippen LogP contribution in [-0.2, 0) is 6.42 Å². The minimum atomic E-state index is 0.903. The Bertz CT molecular complexity index is 415. The van der Waals surface area contributed by atoms with Gasteiger partial charge in [0.1, 0.15) is 11.5 Å². The van der Waals surface area contributed by atoms with Crippen LogP contribution in [0.1, 0.15) is 12.0 Å². The summed E-state index contributed by atoms with van der Waals surface area (Å²) in [5, 5.41) is 0. The molecule has 0 unspecified atom stereocenters. The Hall–Kier alpha value is -1.26. The molecule has 2 rings (SSSR count). The molecule has 0 N–H and O–H groups in total. The number of nitrogens with zero attached hydrogens (tertiary/aromatic N) is 2. The number of likely N-dealkylation sites (N-methyl/N-ethyl adjacent to an activating group) is 1. The molecule has 1 aliphatic heterocycles. The van der Waals surface area contributed by atoms with Gasteiger partial charge >= 0.3 is 0 Å². The van der Waals surface area contributed by atoms with Crippen molar-refractivity contribution in [3.63, 3.8) is 0 Å². The van der Waals surface area contributed by atoms with Crippen LogP contribution in [0.3, 0.4) is 0 Å². The van der Waals surface area contributed by atoms with Crippen molar-refractivity contribution in [3.8, 4) is 11.5 Å². The molecule has 1 heterocycles. The van der Waals surface area contributed by atoms with E-state index in [4.69, 9.17) is 9.47 Å². The molecule has 0 saturated carbocycles. The lowest BCUT2D eigenvalue weighted by Crippen LogP contribution is -2.44. The van der Waals surface area contributed by atoms with Crippen molar-refractivity contribution >= 4 is 0 Å². The number of methoxy groups -OCH3 is 2. The van der Waals surface area contributed by atoms with E-state index in [0.717, 1.165) is 30.9 Å². The van der Waals surface area contributed by atoms with E-state index >= 15 is 0 Å². The van der Waals surface area contributed by atoms with Crippen LogP contribution in [0.5, 0.6) is 11.5 Å². The Morgan fingerprint density at radius 2 is 1.80 bits per heavy atom. The second-order valence-electron chi connectivity index (χ2n) is 5.43. The van der Waals surface area contributed by atoms with E-state index < -0.39 is 0 Å². The van der Waals surface area contributed by atoms with Gasteiger partial charge in [-0.25, -0.2) is 0 Å². The van der Waals surface area contributed by atoms with Crippen molar-refractivity contribution in [2.45, 2.75) is 12.8 Å². The van der Waals surface area contributed by atoms with Crippen LogP contribution in [0.25, 0.3) is 0 Å². The van der Waals surface area contributed by atoms with E-state index in [2.05, 4.69) is 22.9 Å². The van der Waals surface area contributed by atoms with E-state index in [1.165, 1.54) is 31.7 Å². The lowest BCUT2D eigenvalue weighted by molar-refractivity contribution is 0.153. The van der Waals surface area contributed by atoms with E-state index in [9.17, 15) is 0 Å². The molecule has 0 bridgehead atoms. The molecule has 0 atom stereocenters. The van der Waals surface area contributed by atoms with E-state index in [1.54, 1.807) is 14.2 Å². The first kappa shape index (κ1) is 15.1. The summed E-state index contributed by atoms with van der Waals surface area (Å²) in [7, 11) is 5.63. The van der Waals surface area contributed by atoms with Crippen molar-refractivity contribution in [2.24, 2.45) is 0 Å². The zero-order valence-corrected chi connectivity index (χ0v) is 12.9. The molecular formula is C16H26N2O2. The molecule has 0 aromatic heterocycles. The Morgan fingerprint density at radius 1 is 1.05 bits per heavy atom. The highest BCUT2D eigenvalue weighted by atomic mass is 16.5. The maximum absolute atomic E-state index is 5.43. The monoisotopic (exact) mass is 278 g/mol. The fourth-order valence-corrected chi connectivity index (χ4v) is 2.64. The maximum atomic E-state index is 5.43. The molecule has 0 aliphatic carbocycles. The van der Waals surface area contributed by atoms with Gasteiger partial charge in [-0.05, 0) is 50.2 Å². The van der Waals surface area contributed by atoms with Crippen LogP contribution in [0.2, 0.25) is 0 Å². The van der Waals surface area contributed by atoms with Crippen LogP contribution in [0.15, 0.2) is 18.2 Å². The Kier molecular flexibility index (Phi) is 5.68. The topological polar surface area (TPSA) is 24.9 Å². The molecule has 112 valence electrons. The predicted molar refractivity (Wildman–Crippen MR) is 81.8 cm³/mol. The number of rotatable bonds is 6. The highest BCUT2D eigenvalue weighted by Gasteiger charge is 2.13. The van der Waals surface area contributed by atoms with Gasteiger partial charge in [0, 0.05) is 26.2 Å². The van der Waals surface area contributed by atoms with Gasteiger partial charge in [0.2, 0.25) is 0 Å². The number of benzene rings is 1. The molecule has 0 radical (unpaired) electrons. The number of aryl methyl sites for hydroxylation is 1. The van der Waals surface area contributed by atoms with Crippen LogP contribution >= 0.6 is 0 Å². The van der Waals surface area contributed by atoms with Gasteiger partial charge in [-0.2, -0.15) is 0 Å². The highest BCUT2D eigenvalue weighted by molar-refractivity contribution is 5.40. The minimum Gasteiger partial charge on any atom is -0.497 e. The number of hydrogen-bond donors (Lipinski definition) is 0. The summed E-state index contributed by atoms with van der Waals surface area (Å²) in [5.74, 6) is 1.87. The van der Waals surface area contributed by atoms with Crippen molar-refractivity contribution in [2.75, 3.05) is 54.0 Å². The molecule has 4 nitrogen and oxygen atoms in total. The summed E-state index contributed by atoms with van der Waals surface area (Å²) in [6.07, 6.45) is 2.19. The largest absolute Gasteiger partial charge is 0.497 e. The summed E-state index contributed by atoms with van der Waals surface area (Å²) < 4.78 is 10.7. The third-order valence-corrected chi connectivity index (χ3v) is 4.00. The van der Waals surface area contributed by atoms with Gasteiger partial charge in [0.05, 0.1) is 14.2 Å². The lowest BCUT2D eigenvalue weighted by atomic mass is 10.1. The molecule has 1 aromatic rings. The molecule has 1 aromatic carbocycles. The van der Waals surface area contributed by atoms with E-state index in [1.807, 2.05) is 12.1 Å². The van der Waals surface area contributed by atoms with Gasteiger partial charge < -0.3 is 19.3 Å². The second kappa shape index (κ2) is 7.50. The standard InChI is InChI=1S/C16H26N2O2/c1-17-9-11-18(12-10-17)8-4-5-14-13-15(19-2)6-7-16(14)20-3/h6-7,13H,4-5,8-12H2,1-3H3. The van der Waals surface area contributed by atoms with Gasteiger partial charge in [-0.15, -0.1) is 0 Å². The molecule has 4 heteroatoms. The first-order valence-corrected chi connectivity index (χ1v) is 7.34. The molecule has 20 heavy (non-hydrogen) atoms. The first-order valence-electron chi connectivity index (χ1n) is 7.34. The smallest absolute Gasteiger partial charge is 0.122 e. The SMILES string of the molecule is COc1ccc(OC)c(CCCN2CCN(C)CC2)c1. The summed E-state index contributed by atoms with van der Waals surface area (Å²) in [6, 6.07) is 6.02. The third-order valence-electron chi connectivity index (χ3n) is 4.00. The van der Waals surface area contributed by atoms with Crippen LogP contribution < -0.4 is 9.47 Å². The number of piperazine rings is 1. The van der Waals surface area contributed by atoms with Crippen LogP contribution in [-0.4, -0.2) is 63.8 Å². The first-order chi connectivity index (χ1) is 9.72. The number of hydrogen-bond acceptors (Lipinski definition) is 4. The van der Waals surface area contributed by atoms with Gasteiger partial charge in [0.15, 0.2) is 0 Å². The second-order valence-corrected chi connectivity index (χ2v) is 5.43. The molecule has 0 amide bonds. The fourth-order valence-electron chi connectivity index (χ4n) is 2.64. The summed E-state index contributed by atoms with van der Waals surface area (Å²) in [5.41, 5.74) is 1.24. The number of ether oxygens (including phenoxy) is 2. The Morgan fingerprint density at radius 3 is 2.45 bits per heavy atom. The van der Waals surface area contributed by atoms with Gasteiger partial charge in [0.25, 0.3) is 0 Å². The predicted octanol–water partition coefficient (Wildman–Crippen LogP) is 1.88. The van der Waals surface area contributed by atoms with Crippen LogP contribution in [0, 0.1) is 0 Å². The van der Waals surface area contributed by atoms with E-state index in [0.29, 0.717) is 0 Å². The maximum Gasteiger partial charge on any atom is 0.122 e. The average Bonchev–Trinajstić information content (AvgIpc) is 2.49. The van der Waals surface area contributed by atoms with Gasteiger partial charge in [-0.1, -0.05) is 0 Å². The summed E-state index contributed by atoms with van der Waals surface area (Å²) >= 11 is 0. The molecule has 1 saturated heterocycles. The highest BCUT2D eigenvalue weighted by Crippen LogP contribution is 2.25. The molecule has 1 aliphatic rings. The normalized spacial score (nSPS) is 17.1. The van der Waals surface area contributed by atoms with Crippen LogP contribution in [0.4, 0.5) is 0 Å². The average molecular weight is 278 g/mol. The van der Waals surface area contributed by atoms with Gasteiger partial charge in [-0.3, -0.25) is 0 Å². The van der Waals surface area contributed by atoms with Crippen molar-refractivity contribution in [1.82, 2.24) is 9.80 Å². The summed E-state index contributed by atoms with van der Waals surface area (Å²) in [4.78, 5) is 4.94. The minimum absolute atomic E-state index is 0.903. The van der Waals surface area contributed by atoms with Crippen molar-refractivity contribution in [1.29, 1.82) is 0 Å². The zero-order valence-electron chi connectivity index (χ0n) is 12.9.